The van der Waals surface area contributed by atoms with Gasteiger partial charge in [-0.3, -0.25) is 0 Å². The predicted molar refractivity (Wildman–Crippen MR) is 49.9 cm³/mol. The Balaban J connectivity index is 2.76. The SMILES string of the molecule is O=S(=O)(Cl)C[C@H](F)c1ccccc1. The quantitative estimate of drug-likeness (QED) is 0.736. The Morgan fingerprint density at radius 3 is 2.31 bits per heavy atom. The van der Waals surface area contributed by atoms with Crippen LogP contribution in [0.4, 0.5) is 4.39 Å². The van der Waals surface area contributed by atoms with Gasteiger partial charge in [-0.1, -0.05) is 30.3 Å². The van der Waals surface area contributed by atoms with Crippen LogP contribution in [0.5, 0.6) is 0 Å². The topological polar surface area (TPSA) is 34.1 Å². The van der Waals surface area contributed by atoms with Gasteiger partial charge in [-0.2, -0.15) is 0 Å². The smallest absolute Gasteiger partial charge is 0.235 e. The summed E-state index contributed by atoms with van der Waals surface area (Å²) in [6.45, 7) is 0. The van der Waals surface area contributed by atoms with Gasteiger partial charge in [0.15, 0.2) is 0 Å². The molecule has 1 rings (SSSR count). The van der Waals surface area contributed by atoms with Crippen molar-refractivity contribution in [1.29, 1.82) is 0 Å². The molecule has 72 valence electrons. The standard InChI is InChI=1S/C8H8ClFO2S/c9-13(11,12)6-8(10)7-4-2-1-3-5-7/h1-5,8H,6H2/t8-/m0/s1. The molecule has 5 heteroatoms. The molecule has 0 aliphatic heterocycles. The Hall–Kier alpha value is -0.610. The number of alkyl halides is 1. The fourth-order valence-corrected chi connectivity index (χ4v) is 1.81. The van der Waals surface area contributed by atoms with Gasteiger partial charge < -0.3 is 0 Å². The molecule has 0 saturated carbocycles. The zero-order valence-electron chi connectivity index (χ0n) is 6.65. The fourth-order valence-electron chi connectivity index (χ4n) is 0.933. The molecule has 13 heavy (non-hydrogen) atoms. The van der Waals surface area contributed by atoms with Crippen molar-refractivity contribution in [3.63, 3.8) is 0 Å². The molecule has 1 atom stereocenters. The first kappa shape index (κ1) is 10.5. The average molecular weight is 223 g/mol. The number of halogens is 2. The molecule has 0 aromatic heterocycles. The summed E-state index contributed by atoms with van der Waals surface area (Å²) in [6, 6.07) is 8.05. The minimum Gasteiger partial charge on any atom is -0.241 e. The molecule has 0 N–H and O–H groups in total. The van der Waals surface area contributed by atoms with Gasteiger partial charge in [0.1, 0.15) is 11.9 Å². The van der Waals surface area contributed by atoms with Crippen LogP contribution >= 0.6 is 10.7 Å². The molecule has 0 bridgehead atoms. The maximum absolute atomic E-state index is 13.2. The van der Waals surface area contributed by atoms with Crippen molar-refractivity contribution in [3.8, 4) is 0 Å². The first-order valence-corrected chi connectivity index (χ1v) is 6.08. The van der Waals surface area contributed by atoms with E-state index < -0.39 is 21.0 Å². The van der Waals surface area contributed by atoms with Crippen LogP contribution < -0.4 is 0 Å². The predicted octanol–water partition coefficient (Wildman–Crippen LogP) is 2.27. The largest absolute Gasteiger partial charge is 0.241 e. The molecule has 0 aliphatic carbocycles. The first-order chi connectivity index (χ1) is 5.99. The molecule has 0 unspecified atom stereocenters. The summed E-state index contributed by atoms with van der Waals surface area (Å²) >= 11 is 0. The van der Waals surface area contributed by atoms with Crippen LogP contribution in [0.15, 0.2) is 30.3 Å². The molecule has 1 aromatic rings. The normalized spacial score (nSPS) is 14.0. The third kappa shape index (κ3) is 3.74. The highest BCUT2D eigenvalue weighted by atomic mass is 35.7. The van der Waals surface area contributed by atoms with Crippen molar-refractivity contribution in [1.82, 2.24) is 0 Å². The second kappa shape index (κ2) is 4.07. The monoisotopic (exact) mass is 222 g/mol. The average Bonchev–Trinajstić information content (AvgIpc) is 2.03. The lowest BCUT2D eigenvalue weighted by Crippen LogP contribution is -2.05. The molecule has 0 fully saturated rings. The van der Waals surface area contributed by atoms with E-state index in [1.165, 1.54) is 12.1 Å². The van der Waals surface area contributed by atoms with Gasteiger partial charge in [-0.05, 0) is 5.56 Å². The molecule has 0 radical (unpaired) electrons. The van der Waals surface area contributed by atoms with E-state index >= 15 is 0 Å². The lowest BCUT2D eigenvalue weighted by atomic mass is 10.1. The molecule has 0 heterocycles. The van der Waals surface area contributed by atoms with Gasteiger partial charge in [0.2, 0.25) is 9.05 Å². The van der Waals surface area contributed by atoms with Crippen LogP contribution in [-0.4, -0.2) is 14.2 Å². The third-order valence-electron chi connectivity index (χ3n) is 1.51. The zero-order valence-corrected chi connectivity index (χ0v) is 8.22. The van der Waals surface area contributed by atoms with Crippen molar-refractivity contribution in [2.75, 3.05) is 5.75 Å². The van der Waals surface area contributed by atoms with Crippen molar-refractivity contribution < 1.29 is 12.8 Å². The Bertz CT molecular complexity index is 363. The second-order valence-electron chi connectivity index (χ2n) is 2.58. The van der Waals surface area contributed by atoms with Crippen LogP contribution in [0.3, 0.4) is 0 Å². The third-order valence-corrected chi connectivity index (χ3v) is 2.58. The van der Waals surface area contributed by atoms with Crippen LogP contribution in [0.1, 0.15) is 11.7 Å². The minimum atomic E-state index is -3.77. The summed E-state index contributed by atoms with van der Waals surface area (Å²) in [5.74, 6) is -0.682. The minimum absolute atomic E-state index is 0.326. The van der Waals surface area contributed by atoms with E-state index in [2.05, 4.69) is 0 Å². The van der Waals surface area contributed by atoms with Crippen LogP contribution in [0.2, 0.25) is 0 Å². The molecule has 0 saturated heterocycles. The second-order valence-corrected chi connectivity index (χ2v) is 5.41. The summed E-state index contributed by atoms with van der Waals surface area (Å²) in [7, 11) is 1.14. The summed E-state index contributed by atoms with van der Waals surface area (Å²) < 4.78 is 34.2. The maximum Gasteiger partial charge on any atom is 0.235 e. The van der Waals surface area contributed by atoms with Gasteiger partial charge in [0, 0.05) is 10.7 Å². The molecule has 0 amide bonds. The van der Waals surface area contributed by atoms with E-state index in [0.29, 0.717) is 5.56 Å². The summed E-state index contributed by atoms with van der Waals surface area (Å²) in [6.07, 6.45) is -1.55. The number of hydrogen-bond donors (Lipinski definition) is 0. The number of hydrogen-bond acceptors (Lipinski definition) is 2. The molecule has 0 aliphatic rings. The van der Waals surface area contributed by atoms with E-state index in [0.717, 1.165) is 0 Å². The molecular formula is C8H8ClFO2S. The van der Waals surface area contributed by atoms with E-state index in [1.54, 1.807) is 18.2 Å². The van der Waals surface area contributed by atoms with Crippen molar-refractivity contribution in [2.45, 2.75) is 6.17 Å². The van der Waals surface area contributed by atoms with Crippen LogP contribution in [0, 0.1) is 0 Å². The Kier molecular flexibility index (Phi) is 3.27. The fraction of sp³-hybridized carbons (Fsp3) is 0.250. The molecule has 2 nitrogen and oxygen atoms in total. The van der Waals surface area contributed by atoms with E-state index in [1.807, 2.05) is 0 Å². The highest BCUT2D eigenvalue weighted by Crippen LogP contribution is 2.20. The molecule has 1 aromatic carbocycles. The number of benzene rings is 1. The maximum atomic E-state index is 13.2. The summed E-state index contributed by atoms with van der Waals surface area (Å²) in [4.78, 5) is 0. The van der Waals surface area contributed by atoms with E-state index in [9.17, 15) is 12.8 Å². The Morgan fingerprint density at radius 2 is 1.85 bits per heavy atom. The van der Waals surface area contributed by atoms with Gasteiger partial charge in [0.05, 0.1) is 0 Å². The summed E-state index contributed by atoms with van der Waals surface area (Å²) in [5.41, 5.74) is 0.326. The van der Waals surface area contributed by atoms with E-state index in [4.69, 9.17) is 10.7 Å². The summed E-state index contributed by atoms with van der Waals surface area (Å²) in [5, 5.41) is 0. The highest BCUT2D eigenvalue weighted by Gasteiger charge is 2.17. The first-order valence-electron chi connectivity index (χ1n) is 3.60. The highest BCUT2D eigenvalue weighted by molar-refractivity contribution is 8.13. The van der Waals surface area contributed by atoms with Crippen molar-refractivity contribution >= 4 is 19.7 Å². The molecular weight excluding hydrogens is 215 g/mol. The van der Waals surface area contributed by atoms with Crippen molar-refractivity contribution in [3.05, 3.63) is 35.9 Å². The van der Waals surface area contributed by atoms with Crippen LogP contribution in [0.25, 0.3) is 0 Å². The number of rotatable bonds is 3. The lowest BCUT2D eigenvalue weighted by molar-refractivity contribution is 0.375. The van der Waals surface area contributed by atoms with Gasteiger partial charge in [-0.25, -0.2) is 12.8 Å². The Labute approximate surface area is 80.8 Å². The van der Waals surface area contributed by atoms with Crippen LogP contribution in [-0.2, 0) is 9.05 Å². The van der Waals surface area contributed by atoms with E-state index in [-0.39, 0.29) is 0 Å². The lowest BCUT2D eigenvalue weighted by Gasteiger charge is -2.04. The van der Waals surface area contributed by atoms with Crippen molar-refractivity contribution in [2.24, 2.45) is 0 Å². The Morgan fingerprint density at radius 1 is 1.31 bits per heavy atom. The zero-order chi connectivity index (χ0) is 9.90. The van der Waals surface area contributed by atoms with Gasteiger partial charge >= 0.3 is 0 Å². The molecule has 0 spiro atoms. The van der Waals surface area contributed by atoms with Gasteiger partial charge in [0.25, 0.3) is 0 Å². The van der Waals surface area contributed by atoms with Gasteiger partial charge in [-0.15, -0.1) is 0 Å².